The summed E-state index contributed by atoms with van der Waals surface area (Å²) in [6.07, 6.45) is 7.00. The maximum absolute atomic E-state index is 12.8. The fourth-order valence-corrected chi connectivity index (χ4v) is 5.04. The summed E-state index contributed by atoms with van der Waals surface area (Å²) in [5, 5.41) is 9.43. The molecule has 148 valence electrons. The molecule has 1 aromatic carbocycles. The lowest BCUT2D eigenvalue weighted by Gasteiger charge is -2.42. The quantitative estimate of drug-likeness (QED) is 0.884. The second-order valence-electron chi connectivity index (χ2n) is 8.54. The molecule has 1 atom stereocenters. The second-order valence-corrected chi connectivity index (χ2v) is 8.54. The first-order chi connectivity index (χ1) is 13.2. The predicted molar refractivity (Wildman–Crippen MR) is 107 cm³/mol. The summed E-state index contributed by atoms with van der Waals surface area (Å²) in [6, 6.07) is 8.21. The van der Waals surface area contributed by atoms with Crippen LogP contribution in [-0.4, -0.2) is 71.0 Å². The molecule has 1 N–H and O–H groups in total. The first-order valence-corrected chi connectivity index (χ1v) is 10.7. The number of amides is 1. The van der Waals surface area contributed by atoms with Gasteiger partial charge in [0.25, 0.3) is 0 Å². The lowest BCUT2D eigenvalue weighted by atomic mass is 9.93. The van der Waals surface area contributed by atoms with Crippen molar-refractivity contribution in [3.63, 3.8) is 0 Å². The molecule has 4 rings (SSSR count). The van der Waals surface area contributed by atoms with E-state index in [1.807, 2.05) is 12.1 Å². The molecule has 27 heavy (non-hydrogen) atoms. The van der Waals surface area contributed by atoms with Crippen molar-refractivity contribution in [2.45, 2.75) is 51.1 Å². The van der Waals surface area contributed by atoms with Gasteiger partial charge >= 0.3 is 0 Å². The molecule has 0 aromatic heterocycles. The van der Waals surface area contributed by atoms with Crippen LogP contribution in [0.25, 0.3) is 0 Å². The monoisotopic (exact) mass is 371 g/mol. The van der Waals surface area contributed by atoms with Crippen molar-refractivity contribution in [2.75, 3.05) is 39.3 Å². The number of rotatable bonds is 4. The largest absolute Gasteiger partial charge is 0.508 e. The van der Waals surface area contributed by atoms with Crippen LogP contribution < -0.4 is 0 Å². The van der Waals surface area contributed by atoms with Crippen LogP contribution >= 0.6 is 0 Å². The van der Waals surface area contributed by atoms with E-state index < -0.39 is 0 Å². The number of likely N-dealkylation sites (tertiary alicyclic amines) is 3. The zero-order valence-electron chi connectivity index (χ0n) is 16.4. The molecule has 1 unspecified atom stereocenters. The zero-order chi connectivity index (χ0) is 18.6. The highest BCUT2D eigenvalue weighted by atomic mass is 16.3. The van der Waals surface area contributed by atoms with Crippen LogP contribution in [0, 0.1) is 5.92 Å². The maximum atomic E-state index is 12.8. The van der Waals surface area contributed by atoms with Crippen molar-refractivity contribution in [3.05, 3.63) is 29.8 Å². The third kappa shape index (κ3) is 4.64. The van der Waals surface area contributed by atoms with Gasteiger partial charge in [0.2, 0.25) is 5.91 Å². The molecule has 3 aliphatic rings. The normalized spacial score (nSPS) is 25.8. The fourth-order valence-electron chi connectivity index (χ4n) is 5.04. The van der Waals surface area contributed by atoms with Crippen molar-refractivity contribution < 1.29 is 9.90 Å². The lowest BCUT2D eigenvalue weighted by Crippen LogP contribution is -2.51. The van der Waals surface area contributed by atoms with Crippen molar-refractivity contribution in [3.8, 4) is 5.75 Å². The molecule has 3 aliphatic heterocycles. The highest BCUT2D eigenvalue weighted by Gasteiger charge is 2.34. The first kappa shape index (κ1) is 18.8. The van der Waals surface area contributed by atoms with Crippen LogP contribution in [0.5, 0.6) is 5.75 Å². The average molecular weight is 372 g/mol. The number of hydrogen-bond acceptors (Lipinski definition) is 4. The zero-order valence-corrected chi connectivity index (χ0v) is 16.4. The average Bonchev–Trinajstić information content (AvgIpc) is 3.25. The predicted octanol–water partition coefficient (Wildman–Crippen LogP) is 2.69. The Morgan fingerprint density at radius 1 is 0.926 bits per heavy atom. The fraction of sp³-hybridized carbons (Fsp3) is 0.682. The molecule has 5 heteroatoms. The summed E-state index contributed by atoms with van der Waals surface area (Å²) in [5.74, 6) is 0.981. The Bertz CT molecular complexity index is 619. The third-order valence-electron chi connectivity index (χ3n) is 6.64. The number of piperidine rings is 2. The minimum absolute atomic E-state index is 0.229. The smallest absolute Gasteiger partial charge is 0.226 e. The van der Waals surface area contributed by atoms with Crippen LogP contribution in [-0.2, 0) is 11.3 Å². The molecule has 1 amide bonds. The summed E-state index contributed by atoms with van der Waals surface area (Å²) in [5.41, 5.74) is 1.26. The SMILES string of the molecule is O=C(C1CCCN(C2CCN(Cc3ccc(O)cc3)CC2)C1)N1CCCC1. The highest BCUT2D eigenvalue weighted by Crippen LogP contribution is 2.26. The van der Waals surface area contributed by atoms with E-state index in [-0.39, 0.29) is 5.92 Å². The Kier molecular flexibility index (Phi) is 5.98. The summed E-state index contributed by atoms with van der Waals surface area (Å²) in [7, 11) is 0. The summed E-state index contributed by atoms with van der Waals surface area (Å²) < 4.78 is 0. The van der Waals surface area contributed by atoms with E-state index in [2.05, 4.69) is 14.7 Å². The van der Waals surface area contributed by atoms with E-state index in [1.165, 1.54) is 31.2 Å². The van der Waals surface area contributed by atoms with Crippen molar-refractivity contribution in [1.82, 2.24) is 14.7 Å². The highest BCUT2D eigenvalue weighted by molar-refractivity contribution is 5.79. The van der Waals surface area contributed by atoms with Gasteiger partial charge in [-0.05, 0) is 75.9 Å². The Morgan fingerprint density at radius 2 is 1.63 bits per heavy atom. The van der Waals surface area contributed by atoms with E-state index >= 15 is 0 Å². The number of phenolic OH excluding ortho intramolecular Hbond substituents is 1. The Labute approximate surface area is 162 Å². The third-order valence-corrected chi connectivity index (χ3v) is 6.64. The Morgan fingerprint density at radius 3 is 2.33 bits per heavy atom. The molecule has 3 saturated heterocycles. The molecule has 0 saturated carbocycles. The van der Waals surface area contributed by atoms with E-state index in [1.54, 1.807) is 12.1 Å². The van der Waals surface area contributed by atoms with Gasteiger partial charge in [-0.15, -0.1) is 0 Å². The molecule has 0 bridgehead atoms. The minimum atomic E-state index is 0.229. The molecular weight excluding hydrogens is 338 g/mol. The molecule has 1 aromatic rings. The maximum Gasteiger partial charge on any atom is 0.226 e. The number of aromatic hydroxyl groups is 1. The standard InChI is InChI=1S/C22H33N3O2/c26-21-7-5-18(6-8-21)16-23-14-9-20(10-15-23)25-13-3-4-19(17-25)22(27)24-11-1-2-12-24/h5-8,19-20,26H,1-4,9-17H2. The summed E-state index contributed by atoms with van der Waals surface area (Å²) in [4.78, 5) is 20.0. The van der Waals surface area contributed by atoms with E-state index in [0.29, 0.717) is 17.7 Å². The summed E-state index contributed by atoms with van der Waals surface area (Å²) in [6.45, 7) is 7.28. The van der Waals surface area contributed by atoms with Gasteiger partial charge in [-0.3, -0.25) is 14.6 Å². The van der Waals surface area contributed by atoms with E-state index in [4.69, 9.17) is 0 Å². The van der Waals surface area contributed by atoms with Crippen LogP contribution in [0.15, 0.2) is 24.3 Å². The number of hydrogen-bond donors (Lipinski definition) is 1. The van der Waals surface area contributed by atoms with Crippen LogP contribution in [0.3, 0.4) is 0 Å². The van der Waals surface area contributed by atoms with Crippen LogP contribution in [0.1, 0.15) is 44.1 Å². The van der Waals surface area contributed by atoms with Gasteiger partial charge in [-0.1, -0.05) is 12.1 Å². The molecule has 3 fully saturated rings. The van der Waals surface area contributed by atoms with E-state index in [9.17, 15) is 9.90 Å². The van der Waals surface area contributed by atoms with Gasteiger partial charge in [-0.2, -0.15) is 0 Å². The number of carbonyl (C=O) groups is 1. The van der Waals surface area contributed by atoms with Gasteiger partial charge in [-0.25, -0.2) is 0 Å². The second kappa shape index (κ2) is 8.61. The van der Waals surface area contributed by atoms with Crippen molar-refractivity contribution in [2.24, 2.45) is 5.92 Å². The number of phenols is 1. The van der Waals surface area contributed by atoms with Gasteiger partial charge < -0.3 is 10.0 Å². The number of benzene rings is 1. The molecule has 0 radical (unpaired) electrons. The van der Waals surface area contributed by atoms with Crippen molar-refractivity contribution in [1.29, 1.82) is 0 Å². The van der Waals surface area contributed by atoms with Gasteiger partial charge in [0.1, 0.15) is 5.75 Å². The van der Waals surface area contributed by atoms with Gasteiger partial charge in [0.15, 0.2) is 0 Å². The van der Waals surface area contributed by atoms with E-state index in [0.717, 1.165) is 58.7 Å². The molecular formula is C22H33N3O2. The summed E-state index contributed by atoms with van der Waals surface area (Å²) >= 11 is 0. The van der Waals surface area contributed by atoms with Crippen molar-refractivity contribution >= 4 is 5.91 Å². The molecule has 0 spiro atoms. The van der Waals surface area contributed by atoms with Gasteiger partial charge in [0.05, 0.1) is 5.92 Å². The first-order valence-electron chi connectivity index (χ1n) is 10.7. The molecule has 5 nitrogen and oxygen atoms in total. The molecule has 3 heterocycles. The lowest BCUT2D eigenvalue weighted by molar-refractivity contribution is -0.136. The van der Waals surface area contributed by atoms with Crippen LogP contribution in [0.4, 0.5) is 0 Å². The molecule has 0 aliphatic carbocycles. The topological polar surface area (TPSA) is 47.0 Å². The Hall–Kier alpha value is -1.59. The number of nitrogens with zero attached hydrogens (tertiary/aromatic N) is 3. The number of carbonyl (C=O) groups excluding carboxylic acids is 1. The minimum Gasteiger partial charge on any atom is -0.508 e. The Balaban J connectivity index is 1.26. The van der Waals surface area contributed by atoms with Crippen LogP contribution in [0.2, 0.25) is 0 Å². The van der Waals surface area contributed by atoms with Gasteiger partial charge in [0, 0.05) is 32.2 Å².